The molecule has 0 N–H and O–H groups in total. The first-order valence-electron chi connectivity index (χ1n) is 7.80. The summed E-state index contributed by atoms with van der Waals surface area (Å²) in [7, 11) is 0. The van der Waals surface area contributed by atoms with Crippen LogP contribution in [0.2, 0.25) is 20.2 Å². The van der Waals surface area contributed by atoms with Crippen molar-refractivity contribution >= 4 is 63.3 Å². The molecular weight excluding hydrogens is 436 g/mol. The molecule has 1 aromatic carbocycles. The van der Waals surface area contributed by atoms with Gasteiger partial charge >= 0.3 is 11.6 Å². The summed E-state index contributed by atoms with van der Waals surface area (Å²) in [5.74, 6) is -0.740. The molecule has 5 nitrogen and oxygen atoms in total. The SMILES string of the molecule is CCCc1cc(=O)oc2cc(OC(=O)c3nc(Cl)c(Cl)c(Cl)c3Cl)ccc12. The van der Waals surface area contributed by atoms with E-state index < -0.39 is 11.6 Å². The third-order valence-corrected chi connectivity index (χ3v) is 5.39. The highest BCUT2D eigenvalue weighted by Crippen LogP contribution is 2.36. The Bertz CT molecular complexity index is 1110. The number of ether oxygens (including phenoxy) is 1. The number of esters is 1. The average Bonchev–Trinajstić information content (AvgIpc) is 2.62. The lowest BCUT2D eigenvalue weighted by molar-refractivity contribution is 0.0729. The van der Waals surface area contributed by atoms with E-state index >= 15 is 0 Å². The molecule has 0 amide bonds. The van der Waals surface area contributed by atoms with Gasteiger partial charge in [-0.2, -0.15) is 0 Å². The summed E-state index contributed by atoms with van der Waals surface area (Å²) < 4.78 is 10.5. The Labute approximate surface area is 173 Å². The van der Waals surface area contributed by atoms with Crippen molar-refractivity contribution in [3.8, 4) is 5.75 Å². The van der Waals surface area contributed by atoms with Crippen LogP contribution in [0, 0.1) is 0 Å². The normalized spacial score (nSPS) is 11.0. The van der Waals surface area contributed by atoms with Gasteiger partial charge in [0.2, 0.25) is 0 Å². The third-order valence-electron chi connectivity index (χ3n) is 3.71. The van der Waals surface area contributed by atoms with Gasteiger partial charge in [0.05, 0.1) is 15.1 Å². The summed E-state index contributed by atoms with van der Waals surface area (Å²) in [5.41, 5.74) is 0.415. The largest absolute Gasteiger partial charge is 0.423 e. The quantitative estimate of drug-likeness (QED) is 0.213. The molecule has 0 unspecified atom stereocenters. The minimum atomic E-state index is -0.883. The van der Waals surface area contributed by atoms with E-state index in [1.807, 2.05) is 6.92 Å². The molecule has 0 saturated carbocycles. The van der Waals surface area contributed by atoms with E-state index in [1.54, 1.807) is 12.1 Å². The van der Waals surface area contributed by atoms with Gasteiger partial charge in [-0.3, -0.25) is 0 Å². The second-order valence-electron chi connectivity index (χ2n) is 5.58. The maximum Gasteiger partial charge on any atom is 0.364 e. The predicted octanol–water partition coefficient (Wildman–Crippen LogP) is 5.97. The molecule has 0 spiro atoms. The Morgan fingerprint density at radius 1 is 1.11 bits per heavy atom. The zero-order valence-corrected chi connectivity index (χ0v) is 16.8. The van der Waals surface area contributed by atoms with Gasteiger partial charge in [0.25, 0.3) is 0 Å². The number of benzene rings is 1. The fourth-order valence-corrected chi connectivity index (χ4v) is 3.33. The number of fused-ring (bicyclic) bond motifs is 1. The number of carbonyl (C=O) groups excluding carboxylic acids is 1. The second-order valence-corrected chi connectivity index (χ2v) is 7.07. The Kier molecular flexibility index (Phi) is 5.96. The number of hydrogen-bond donors (Lipinski definition) is 0. The number of hydrogen-bond acceptors (Lipinski definition) is 5. The molecule has 2 heterocycles. The summed E-state index contributed by atoms with van der Waals surface area (Å²) in [6.07, 6.45) is 1.60. The fraction of sp³-hybridized carbons (Fsp3) is 0.167. The first-order valence-corrected chi connectivity index (χ1v) is 9.32. The number of rotatable bonds is 4. The monoisotopic (exact) mass is 445 g/mol. The molecule has 0 atom stereocenters. The van der Waals surface area contributed by atoms with E-state index in [-0.39, 0.29) is 31.7 Å². The molecular formula is C18H11Cl4NO4. The van der Waals surface area contributed by atoms with Gasteiger partial charge in [0.1, 0.15) is 16.5 Å². The molecule has 3 aromatic rings. The van der Waals surface area contributed by atoms with Crippen LogP contribution < -0.4 is 10.4 Å². The number of aryl methyl sites for hydroxylation is 1. The lowest BCUT2D eigenvalue weighted by atomic mass is 10.1. The van der Waals surface area contributed by atoms with E-state index in [0.29, 0.717) is 5.58 Å². The number of aromatic nitrogens is 1. The summed E-state index contributed by atoms with van der Waals surface area (Å²) in [6.45, 7) is 2.01. The second kappa shape index (κ2) is 8.07. The Hall–Kier alpha value is -1.79. The molecule has 0 radical (unpaired) electrons. The summed E-state index contributed by atoms with van der Waals surface area (Å²) in [6, 6.07) is 6.19. The topological polar surface area (TPSA) is 69.4 Å². The maximum absolute atomic E-state index is 12.4. The minimum absolute atomic E-state index is 0.0594. The van der Waals surface area contributed by atoms with Gasteiger partial charge in [0.15, 0.2) is 5.69 Å². The van der Waals surface area contributed by atoms with Crippen molar-refractivity contribution in [1.29, 1.82) is 0 Å². The molecule has 0 bridgehead atoms. The Balaban J connectivity index is 1.98. The van der Waals surface area contributed by atoms with E-state index in [4.69, 9.17) is 55.6 Å². The predicted molar refractivity (Wildman–Crippen MR) is 106 cm³/mol. The highest BCUT2D eigenvalue weighted by Gasteiger charge is 2.22. The zero-order chi connectivity index (χ0) is 19.7. The van der Waals surface area contributed by atoms with E-state index in [9.17, 15) is 9.59 Å². The molecule has 0 saturated heterocycles. The van der Waals surface area contributed by atoms with Crippen LogP contribution in [-0.2, 0) is 6.42 Å². The molecule has 9 heteroatoms. The van der Waals surface area contributed by atoms with E-state index in [1.165, 1.54) is 12.1 Å². The first-order chi connectivity index (χ1) is 12.8. The average molecular weight is 447 g/mol. The number of pyridine rings is 1. The number of carbonyl (C=O) groups is 1. The van der Waals surface area contributed by atoms with Gasteiger partial charge < -0.3 is 9.15 Å². The fourth-order valence-electron chi connectivity index (χ4n) is 2.53. The molecule has 0 aliphatic heterocycles. The van der Waals surface area contributed by atoms with Gasteiger partial charge in [-0.25, -0.2) is 14.6 Å². The Morgan fingerprint density at radius 3 is 2.56 bits per heavy atom. The summed E-state index contributed by atoms with van der Waals surface area (Å²) in [4.78, 5) is 28.0. The molecule has 2 aromatic heterocycles. The third kappa shape index (κ3) is 4.06. The van der Waals surface area contributed by atoms with E-state index in [2.05, 4.69) is 4.98 Å². The van der Waals surface area contributed by atoms with Crippen LogP contribution in [-0.4, -0.2) is 11.0 Å². The van der Waals surface area contributed by atoms with E-state index in [0.717, 1.165) is 23.8 Å². The zero-order valence-electron chi connectivity index (χ0n) is 13.8. The highest BCUT2D eigenvalue weighted by molar-refractivity contribution is 6.52. The van der Waals surface area contributed by atoms with Gasteiger partial charge in [0, 0.05) is 17.5 Å². The molecule has 3 rings (SSSR count). The molecule has 0 aliphatic rings. The highest BCUT2D eigenvalue weighted by atomic mass is 35.5. The lowest BCUT2D eigenvalue weighted by Gasteiger charge is -2.09. The number of nitrogens with zero attached hydrogens (tertiary/aromatic N) is 1. The first kappa shape index (κ1) is 20.0. The van der Waals surface area contributed by atoms with Crippen molar-refractivity contribution in [3.05, 3.63) is 66.2 Å². The van der Waals surface area contributed by atoms with Crippen LogP contribution in [0.3, 0.4) is 0 Å². The molecule has 27 heavy (non-hydrogen) atoms. The minimum Gasteiger partial charge on any atom is -0.423 e. The van der Waals surface area contributed by atoms with Gasteiger partial charge in [-0.15, -0.1) is 0 Å². The van der Waals surface area contributed by atoms with Gasteiger partial charge in [-0.05, 0) is 24.1 Å². The van der Waals surface area contributed by atoms with Crippen molar-refractivity contribution in [2.75, 3.05) is 0 Å². The Morgan fingerprint density at radius 2 is 1.85 bits per heavy atom. The van der Waals surface area contributed by atoms with Crippen LogP contribution in [0.25, 0.3) is 11.0 Å². The summed E-state index contributed by atoms with van der Waals surface area (Å²) >= 11 is 23.6. The summed E-state index contributed by atoms with van der Waals surface area (Å²) in [5, 5.41) is 0.264. The molecule has 0 aliphatic carbocycles. The van der Waals surface area contributed by atoms with Crippen LogP contribution in [0.4, 0.5) is 0 Å². The molecule has 140 valence electrons. The van der Waals surface area contributed by atoms with Crippen molar-refractivity contribution in [1.82, 2.24) is 4.98 Å². The maximum atomic E-state index is 12.4. The lowest BCUT2D eigenvalue weighted by Crippen LogP contribution is -2.12. The van der Waals surface area contributed by atoms with Crippen LogP contribution in [0.5, 0.6) is 5.75 Å². The molecule has 0 fully saturated rings. The number of halogens is 4. The van der Waals surface area contributed by atoms with Crippen molar-refractivity contribution in [2.45, 2.75) is 19.8 Å². The smallest absolute Gasteiger partial charge is 0.364 e. The van der Waals surface area contributed by atoms with Crippen LogP contribution >= 0.6 is 46.4 Å². The van der Waals surface area contributed by atoms with Crippen molar-refractivity contribution in [3.63, 3.8) is 0 Å². The van der Waals surface area contributed by atoms with Crippen LogP contribution in [0.1, 0.15) is 29.4 Å². The standard InChI is InChI=1S/C18H11Cl4NO4/c1-2-3-8-6-12(24)27-11-7-9(4-5-10(8)11)26-18(25)16-14(20)13(19)15(21)17(22)23-16/h4-7H,2-3H2,1H3. The van der Waals surface area contributed by atoms with Crippen molar-refractivity contribution in [2.24, 2.45) is 0 Å². The van der Waals surface area contributed by atoms with Crippen LogP contribution in [0.15, 0.2) is 33.5 Å². The van der Waals surface area contributed by atoms with Crippen molar-refractivity contribution < 1.29 is 13.9 Å². The van der Waals surface area contributed by atoms with Gasteiger partial charge in [-0.1, -0.05) is 59.7 Å².